The monoisotopic (exact) mass is 425 g/mol. The van der Waals surface area contributed by atoms with Gasteiger partial charge in [-0.25, -0.2) is 0 Å². The van der Waals surface area contributed by atoms with Crippen LogP contribution in [0.1, 0.15) is 17.5 Å². The van der Waals surface area contributed by atoms with E-state index in [2.05, 4.69) is 27.6 Å². The summed E-state index contributed by atoms with van der Waals surface area (Å²) in [6, 6.07) is 13.6. The summed E-state index contributed by atoms with van der Waals surface area (Å²) in [5.74, 6) is 2.11. The molecule has 0 spiro atoms. The summed E-state index contributed by atoms with van der Waals surface area (Å²) in [7, 11) is 1.61. The maximum atomic E-state index is 12.0. The lowest BCUT2D eigenvalue weighted by molar-refractivity contribution is -0.118. The summed E-state index contributed by atoms with van der Waals surface area (Å²) in [5, 5.41) is 11.2. The van der Waals surface area contributed by atoms with Crippen molar-refractivity contribution in [2.45, 2.75) is 24.5 Å². The summed E-state index contributed by atoms with van der Waals surface area (Å²) >= 11 is 1.20. The predicted octanol–water partition coefficient (Wildman–Crippen LogP) is 3.52. The molecule has 1 N–H and O–H groups in total. The van der Waals surface area contributed by atoms with Crippen molar-refractivity contribution in [1.29, 1.82) is 0 Å². The summed E-state index contributed by atoms with van der Waals surface area (Å²) in [4.78, 5) is 12.0. The van der Waals surface area contributed by atoms with E-state index in [0.29, 0.717) is 24.3 Å². The van der Waals surface area contributed by atoms with Crippen molar-refractivity contribution in [2.24, 2.45) is 0 Å². The molecular formula is C22H23N3O4S. The SMILES string of the molecule is COc1ccc(-c2nnc(SCC(=O)NCCOc3ccc4c(c3)CCC4)o2)cc1. The molecule has 3 aromatic rings. The van der Waals surface area contributed by atoms with Gasteiger partial charge >= 0.3 is 0 Å². The second-order valence-corrected chi connectivity index (χ2v) is 7.80. The van der Waals surface area contributed by atoms with Crippen molar-refractivity contribution in [3.63, 3.8) is 0 Å². The number of methoxy groups -OCH3 is 1. The fourth-order valence-corrected chi connectivity index (χ4v) is 3.89. The van der Waals surface area contributed by atoms with E-state index in [4.69, 9.17) is 13.9 Å². The standard InChI is InChI=1S/C22H23N3O4S/c1-27-18-8-6-16(7-9-18)21-24-25-22(29-21)30-14-20(26)23-11-12-28-19-10-5-15-3-2-4-17(15)13-19/h5-10,13H,2-4,11-12,14H2,1H3,(H,23,26). The Morgan fingerprint density at radius 3 is 2.73 bits per heavy atom. The molecule has 1 aliphatic carbocycles. The minimum atomic E-state index is -0.109. The molecule has 1 amide bonds. The Bertz CT molecular complexity index is 1000. The van der Waals surface area contributed by atoms with Gasteiger partial charge in [0.25, 0.3) is 5.22 Å². The third-order valence-corrected chi connectivity index (χ3v) is 5.65. The number of nitrogens with one attached hydrogen (secondary N) is 1. The molecule has 0 radical (unpaired) electrons. The maximum Gasteiger partial charge on any atom is 0.277 e. The van der Waals surface area contributed by atoms with Crippen LogP contribution in [-0.2, 0) is 17.6 Å². The number of aryl methyl sites for hydroxylation is 2. The number of aromatic nitrogens is 2. The van der Waals surface area contributed by atoms with Crippen molar-refractivity contribution in [1.82, 2.24) is 15.5 Å². The number of amides is 1. The second-order valence-electron chi connectivity index (χ2n) is 6.87. The molecule has 0 saturated carbocycles. The van der Waals surface area contributed by atoms with E-state index in [1.165, 1.54) is 29.3 Å². The van der Waals surface area contributed by atoms with Crippen LogP contribution in [0.3, 0.4) is 0 Å². The molecule has 4 rings (SSSR count). The number of carbonyl (C=O) groups is 1. The molecule has 0 saturated heterocycles. The highest BCUT2D eigenvalue weighted by Gasteiger charge is 2.12. The van der Waals surface area contributed by atoms with Gasteiger partial charge in [-0.3, -0.25) is 4.79 Å². The first kappa shape index (κ1) is 20.3. The predicted molar refractivity (Wildman–Crippen MR) is 114 cm³/mol. The van der Waals surface area contributed by atoms with E-state index < -0.39 is 0 Å². The van der Waals surface area contributed by atoms with Gasteiger partial charge in [0.2, 0.25) is 11.8 Å². The highest BCUT2D eigenvalue weighted by molar-refractivity contribution is 7.99. The topological polar surface area (TPSA) is 86.5 Å². The van der Waals surface area contributed by atoms with Crippen molar-refractivity contribution >= 4 is 17.7 Å². The van der Waals surface area contributed by atoms with Crippen molar-refractivity contribution in [3.05, 3.63) is 53.6 Å². The van der Waals surface area contributed by atoms with Gasteiger partial charge in [0, 0.05) is 5.56 Å². The minimum Gasteiger partial charge on any atom is -0.497 e. The highest BCUT2D eigenvalue weighted by atomic mass is 32.2. The van der Waals surface area contributed by atoms with E-state index in [1.54, 1.807) is 7.11 Å². The minimum absolute atomic E-state index is 0.109. The number of carbonyl (C=O) groups excluding carboxylic acids is 1. The van der Waals surface area contributed by atoms with Crippen LogP contribution >= 0.6 is 11.8 Å². The zero-order valence-electron chi connectivity index (χ0n) is 16.7. The van der Waals surface area contributed by atoms with Gasteiger partial charge < -0.3 is 19.2 Å². The summed E-state index contributed by atoms with van der Waals surface area (Å²) in [5.41, 5.74) is 3.59. The third kappa shape index (κ3) is 5.13. The maximum absolute atomic E-state index is 12.0. The van der Waals surface area contributed by atoms with E-state index in [9.17, 15) is 4.79 Å². The molecule has 0 fully saturated rings. The lowest BCUT2D eigenvalue weighted by Crippen LogP contribution is -2.29. The van der Waals surface area contributed by atoms with Crippen LogP contribution in [0, 0.1) is 0 Å². The quantitative estimate of drug-likeness (QED) is 0.415. The first-order chi connectivity index (χ1) is 14.7. The molecule has 1 aliphatic rings. The van der Waals surface area contributed by atoms with Gasteiger partial charge in [-0.2, -0.15) is 0 Å². The van der Waals surface area contributed by atoms with Crippen molar-refractivity contribution in [3.8, 4) is 23.0 Å². The van der Waals surface area contributed by atoms with Crippen molar-refractivity contribution < 1.29 is 18.7 Å². The van der Waals surface area contributed by atoms with Gasteiger partial charge in [0.15, 0.2) is 0 Å². The van der Waals surface area contributed by atoms with Crippen LogP contribution in [-0.4, -0.2) is 42.1 Å². The Labute approximate surface area is 179 Å². The van der Waals surface area contributed by atoms with E-state index in [1.807, 2.05) is 30.3 Å². The normalized spacial score (nSPS) is 12.4. The molecule has 7 nitrogen and oxygen atoms in total. The van der Waals surface area contributed by atoms with Crippen LogP contribution in [0.25, 0.3) is 11.5 Å². The Morgan fingerprint density at radius 2 is 1.90 bits per heavy atom. The summed E-state index contributed by atoms with van der Waals surface area (Å²) < 4.78 is 16.5. The van der Waals surface area contributed by atoms with Gasteiger partial charge in [-0.15, -0.1) is 10.2 Å². The van der Waals surface area contributed by atoms with E-state index in [0.717, 1.165) is 29.9 Å². The zero-order valence-corrected chi connectivity index (χ0v) is 17.5. The molecule has 0 unspecified atom stereocenters. The van der Waals surface area contributed by atoms with Crippen LogP contribution < -0.4 is 14.8 Å². The molecule has 1 heterocycles. The van der Waals surface area contributed by atoms with Crippen molar-refractivity contribution in [2.75, 3.05) is 26.0 Å². The fraction of sp³-hybridized carbons (Fsp3) is 0.318. The van der Waals surface area contributed by atoms with Gasteiger partial charge in [-0.05, 0) is 66.8 Å². The fourth-order valence-electron chi connectivity index (χ4n) is 3.29. The van der Waals surface area contributed by atoms with Crippen LogP contribution in [0.4, 0.5) is 0 Å². The summed E-state index contributed by atoms with van der Waals surface area (Å²) in [6.07, 6.45) is 3.50. The van der Waals surface area contributed by atoms with Gasteiger partial charge in [0.1, 0.15) is 18.1 Å². The average molecular weight is 426 g/mol. The van der Waals surface area contributed by atoms with E-state index in [-0.39, 0.29) is 11.7 Å². The molecule has 0 bridgehead atoms. The molecule has 30 heavy (non-hydrogen) atoms. The van der Waals surface area contributed by atoms with Crippen LogP contribution in [0.2, 0.25) is 0 Å². The largest absolute Gasteiger partial charge is 0.497 e. The van der Waals surface area contributed by atoms with Gasteiger partial charge in [0.05, 0.1) is 19.4 Å². The molecule has 0 aliphatic heterocycles. The van der Waals surface area contributed by atoms with E-state index >= 15 is 0 Å². The van der Waals surface area contributed by atoms with Crippen LogP contribution in [0.15, 0.2) is 52.1 Å². The molecule has 156 valence electrons. The second kappa shape index (κ2) is 9.67. The molecule has 0 atom stereocenters. The third-order valence-electron chi connectivity index (χ3n) is 4.83. The number of ether oxygens (including phenoxy) is 2. The highest BCUT2D eigenvalue weighted by Crippen LogP contribution is 2.26. The smallest absolute Gasteiger partial charge is 0.277 e. The van der Waals surface area contributed by atoms with Crippen LogP contribution in [0.5, 0.6) is 11.5 Å². The molecular weight excluding hydrogens is 402 g/mol. The number of nitrogens with zero attached hydrogens (tertiary/aromatic N) is 2. The Balaban J connectivity index is 1.17. The average Bonchev–Trinajstić information content (AvgIpc) is 3.44. The number of rotatable bonds is 9. The Kier molecular flexibility index (Phi) is 6.53. The number of hydrogen-bond acceptors (Lipinski definition) is 7. The molecule has 2 aromatic carbocycles. The first-order valence-corrected chi connectivity index (χ1v) is 10.8. The molecule has 8 heteroatoms. The Hall–Kier alpha value is -3.00. The number of thioether (sulfide) groups is 1. The lowest BCUT2D eigenvalue weighted by Gasteiger charge is -2.09. The molecule has 1 aromatic heterocycles. The first-order valence-electron chi connectivity index (χ1n) is 9.83. The lowest BCUT2D eigenvalue weighted by atomic mass is 10.1. The number of hydrogen-bond donors (Lipinski definition) is 1. The summed E-state index contributed by atoms with van der Waals surface area (Å²) in [6.45, 7) is 0.870. The Morgan fingerprint density at radius 1 is 1.10 bits per heavy atom. The van der Waals surface area contributed by atoms with Gasteiger partial charge in [-0.1, -0.05) is 17.8 Å². The zero-order chi connectivity index (χ0) is 20.8. The number of fused-ring (bicyclic) bond motifs is 1. The number of benzene rings is 2.